The SMILES string of the molecule is NC1CC2CCC23NC3C1. The van der Waals surface area contributed by atoms with Crippen molar-refractivity contribution >= 4 is 0 Å². The van der Waals surface area contributed by atoms with Gasteiger partial charge in [0.2, 0.25) is 0 Å². The van der Waals surface area contributed by atoms with Gasteiger partial charge in [0.15, 0.2) is 0 Å². The molecular weight excluding hydrogens is 124 g/mol. The van der Waals surface area contributed by atoms with Crippen molar-refractivity contribution in [2.75, 3.05) is 0 Å². The summed E-state index contributed by atoms with van der Waals surface area (Å²) in [5.41, 5.74) is 6.53. The van der Waals surface area contributed by atoms with E-state index in [0.29, 0.717) is 11.6 Å². The molecule has 3 N–H and O–H groups in total. The highest BCUT2D eigenvalue weighted by atomic mass is 15.3. The predicted molar refractivity (Wildman–Crippen MR) is 39.6 cm³/mol. The topological polar surface area (TPSA) is 48.0 Å². The second kappa shape index (κ2) is 1.41. The van der Waals surface area contributed by atoms with Crippen LogP contribution in [0.1, 0.15) is 25.7 Å². The summed E-state index contributed by atoms with van der Waals surface area (Å²) < 4.78 is 0. The first-order valence-corrected chi connectivity index (χ1v) is 4.34. The van der Waals surface area contributed by atoms with Crippen molar-refractivity contribution in [2.45, 2.75) is 43.3 Å². The Morgan fingerprint density at radius 1 is 1.40 bits per heavy atom. The molecule has 0 aromatic carbocycles. The smallest absolute Gasteiger partial charge is 0.0368 e. The van der Waals surface area contributed by atoms with E-state index in [4.69, 9.17) is 5.73 Å². The third kappa shape index (κ3) is 0.453. The molecule has 2 saturated carbocycles. The molecule has 2 heteroatoms. The summed E-state index contributed by atoms with van der Waals surface area (Å²) >= 11 is 0. The van der Waals surface area contributed by atoms with Crippen LogP contribution < -0.4 is 11.1 Å². The van der Waals surface area contributed by atoms with Crippen LogP contribution in [0.25, 0.3) is 0 Å². The highest BCUT2D eigenvalue weighted by Crippen LogP contribution is 2.56. The Labute approximate surface area is 61.2 Å². The molecule has 56 valence electrons. The summed E-state index contributed by atoms with van der Waals surface area (Å²) in [5, 5.41) is 3.59. The van der Waals surface area contributed by atoms with Crippen LogP contribution in [-0.2, 0) is 0 Å². The lowest BCUT2D eigenvalue weighted by atomic mass is 9.64. The molecule has 0 aromatic heterocycles. The minimum absolute atomic E-state index is 0.499. The monoisotopic (exact) mass is 138 g/mol. The Morgan fingerprint density at radius 3 is 2.90 bits per heavy atom. The standard InChI is InChI=1S/C8H14N2/c9-6-3-5-1-2-8(5)7(4-6)10-8/h5-7,10H,1-4,9H2. The molecule has 2 aliphatic carbocycles. The minimum atomic E-state index is 0.499. The Bertz CT molecular complexity index is 180. The summed E-state index contributed by atoms with van der Waals surface area (Å²) in [6.45, 7) is 0. The van der Waals surface area contributed by atoms with Gasteiger partial charge in [-0.3, -0.25) is 0 Å². The van der Waals surface area contributed by atoms with Crippen LogP contribution in [0.5, 0.6) is 0 Å². The summed E-state index contributed by atoms with van der Waals surface area (Å²) in [6.07, 6.45) is 5.37. The number of hydrogen-bond acceptors (Lipinski definition) is 2. The molecule has 0 bridgehead atoms. The van der Waals surface area contributed by atoms with Crippen molar-refractivity contribution < 1.29 is 0 Å². The van der Waals surface area contributed by atoms with Crippen LogP contribution in [0.15, 0.2) is 0 Å². The van der Waals surface area contributed by atoms with Gasteiger partial charge in [0.1, 0.15) is 0 Å². The largest absolute Gasteiger partial charge is 0.328 e. The first-order valence-electron chi connectivity index (χ1n) is 4.34. The fourth-order valence-electron chi connectivity index (χ4n) is 2.95. The Morgan fingerprint density at radius 2 is 2.30 bits per heavy atom. The summed E-state index contributed by atoms with van der Waals surface area (Å²) in [6, 6.07) is 1.31. The van der Waals surface area contributed by atoms with Crippen molar-refractivity contribution in [3.8, 4) is 0 Å². The number of nitrogens with one attached hydrogen (secondary N) is 1. The lowest BCUT2D eigenvalue weighted by molar-refractivity contribution is 0.160. The molecule has 3 rings (SSSR count). The average Bonchev–Trinajstić information content (AvgIpc) is 2.56. The van der Waals surface area contributed by atoms with Crippen LogP contribution in [0.2, 0.25) is 0 Å². The molecule has 4 unspecified atom stereocenters. The molecule has 4 atom stereocenters. The minimum Gasteiger partial charge on any atom is -0.328 e. The van der Waals surface area contributed by atoms with E-state index in [1.165, 1.54) is 25.7 Å². The van der Waals surface area contributed by atoms with Gasteiger partial charge < -0.3 is 11.1 Å². The van der Waals surface area contributed by atoms with Crippen molar-refractivity contribution in [1.29, 1.82) is 0 Å². The van der Waals surface area contributed by atoms with E-state index < -0.39 is 0 Å². The van der Waals surface area contributed by atoms with Gasteiger partial charge in [-0.15, -0.1) is 0 Å². The van der Waals surface area contributed by atoms with Crippen LogP contribution in [0.3, 0.4) is 0 Å². The van der Waals surface area contributed by atoms with E-state index >= 15 is 0 Å². The molecule has 0 radical (unpaired) electrons. The Hall–Kier alpha value is -0.0800. The number of nitrogens with two attached hydrogens (primary N) is 1. The highest BCUT2D eigenvalue weighted by molar-refractivity contribution is 5.26. The van der Waals surface area contributed by atoms with Gasteiger partial charge in [-0.25, -0.2) is 0 Å². The fraction of sp³-hybridized carbons (Fsp3) is 1.00. The second-order valence-corrected chi connectivity index (χ2v) is 4.20. The van der Waals surface area contributed by atoms with Crippen molar-refractivity contribution in [3.05, 3.63) is 0 Å². The Balaban J connectivity index is 1.85. The van der Waals surface area contributed by atoms with Gasteiger partial charge in [0.05, 0.1) is 0 Å². The van der Waals surface area contributed by atoms with Gasteiger partial charge in [-0.1, -0.05) is 0 Å². The molecule has 1 spiro atoms. The number of rotatable bonds is 0. The maximum Gasteiger partial charge on any atom is 0.0368 e. The van der Waals surface area contributed by atoms with E-state index in [9.17, 15) is 0 Å². The maximum atomic E-state index is 5.90. The van der Waals surface area contributed by atoms with E-state index in [-0.39, 0.29) is 0 Å². The molecule has 1 aliphatic heterocycles. The van der Waals surface area contributed by atoms with Gasteiger partial charge in [0.25, 0.3) is 0 Å². The Kier molecular flexibility index (Phi) is 0.783. The summed E-state index contributed by atoms with van der Waals surface area (Å²) in [7, 11) is 0. The molecule has 0 aromatic rings. The molecule has 3 fully saturated rings. The molecule has 3 aliphatic rings. The zero-order valence-electron chi connectivity index (χ0n) is 6.14. The van der Waals surface area contributed by atoms with Crippen molar-refractivity contribution in [2.24, 2.45) is 11.7 Å². The van der Waals surface area contributed by atoms with Gasteiger partial charge in [-0.05, 0) is 31.6 Å². The van der Waals surface area contributed by atoms with Gasteiger partial charge >= 0.3 is 0 Å². The van der Waals surface area contributed by atoms with E-state index in [0.717, 1.165) is 12.0 Å². The molecule has 2 nitrogen and oxygen atoms in total. The van der Waals surface area contributed by atoms with Gasteiger partial charge in [0, 0.05) is 17.6 Å². The normalized spacial score (nSPS) is 63.9. The molecular formula is C8H14N2. The van der Waals surface area contributed by atoms with Crippen LogP contribution in [0, 0.1) is 5.92 Å². The zero-order chi connectivity index (χ0) is 6.77. The lowest BCUT2D eigenvalue weighted by Gasteiger charge is -2.41. The first kappa shape index (κ1) is 5.56. The molecule has 1 heterocycles. The van der Waals surface area contributed by atoms with Crippen molar-refractivity contribution in [3.63, 3.8) is 0 Å². The molecule has 10 heavy (non-hydrogen) atoms. The quantitative estimate of drug-likeness (QED) is 0.471. The van der Waals surface area contributed by atoms with Crippen LogP contribution in [-0.4, -0.2) is 17.6 Å². The number of hydrogen-bond donors (Lipinski definition) is 2. The molecule has 1 saturated heterocycles. The highest BCUT2D eigenvalue weighted by Gasteiger charge is 2.65. The van der Waals surface area contributed by atoms with Crippen LogP contribution >= 0.6 is 0 Å². The lowest BCUT2D eigenvalue weighted by Crippen LogP contribution is -2.47. The van der Waals surface area contributed by atoms with Gasteiger partial charge in [-0.2, -0.15) is 0 Å². The predicted octanol–water partition coefficient (Wildman–Crippen LogP) is 0.228. The summed E-state index contributed by atoms with van der Waals surface area (Å²) in [4.78, 5) is 0. The zero-order valence-corrected chi connectivity index (χ0v) is 6.14. The second-order valence-electron chi connectivity index (χ2n) is 4.20. The fourth-order valence-corrected chi connectivity index (χ4v) is 2.95. The van der Waals surface area contributed by atoms with E-state index in [1.54, 1.807) is 0 Å². The van der Waals surface area contributed by atoms with E-state index in [2.05, 4.69) is 5.32 Å². The third-order valence-corrected chi connectivity index (χ3v) is 3.74. The third-order valence-electron chi connectivity index (χ3n) is 3.74. The van der Waals surface area contributed by atoms with Crippen molar-refractivity contribution in [1.82, 2.24) is 5.32 Å². The maximum absolute atomic E-state index is 5.90. The van der Waals surface area contributed by atoms with E-state index in [1.807, 2.05) is 0 Å². The summed E-state index contributed by atoms with van der Waals surface area (Å²) in [5.74, 6) is 0.946. The molecule has 0 amide bonds. The average molecular weight is 138 g/mol. The first-order chi connectivity index (χ1) is 4.81. The van der Waals surface area contributed by atoms with Crippen LogP contribution in [0.4, 0.5) is 0 Å².